The number of halogens is 2. The highest BCUT2D eigenvalue weighted by Crippen LogP contribution is 2.49. The summed E-state index contributed by atoms with van der Waals surface area (Å²) in [6.45, 7) is 0.245. The number of anilines is 1. The van der Waals surface area contributed by atoms with Gasteiger partial charge >= 0.3 is 0 Å². The van der Waals surface area contributed by atoms with Crippen LogP contribution in [0.3, 0.4) is 0 Å². The lowest BCUT2D eigenvalue weighted by molar-refractivity contribution is 0.284. The van der Waals surface area contributed by atoms with Crippen molar-refractivity contribution in [1.82, 2.24) is 0 Å². The van der Waals surface area contributed by atoms with Crippen molar-refractivity contribution in [3.8, 4) is 11.5 Å². The van der Waals surface area contributed by atoms with E-state index in [1.165, 1.54) is 28.9 Å². The van der Waals surface area contributed by atoms with Crippen LogP contribution >= 0.6 is 11.6 Å². The molecule has 0 bridgehead atoms. The Bertz CT molecular complexity index is 1530. The number of hydrogen-bond donors (Lipinski definition) is 1. The van der Waals surface area contributed by atoms with E-state index in [2.05, 4.69) is 58.9 Å². The molecule has 0 radical (unpaired) electrons. The van der Waals surface area contributed by atoms with Gasteiger partial charge in [0.05, 0.1) is 23.9 Å². The van der Waals surface area contributed by atoms with Crippen LogP contribution in [0.5, 0.6) is 11.5 Å². The molecular weight excluding hydrogens is 511 g/mol. The number of rotatable bonds is 7. The summed E-state index contributed by atoms with van der Waals surface area (Å²) < 4.78 is 24.6. The molecule has 3 atom stereocenters. The summed E-state index contributed by atoms with van der Waals surface area (Å²) in [5, 5.41) is 4.19. The lowest BCUT2D eigenvalue weighted by Crippen LogP contribution is -2.28. The Morgan fingerprint density at radius 1 is 1.03 bits per heavy atom. The number of fused-ring (bicyclic) bond motifs is 3. The quantitative estimate of drug-likeness (QED) is 0.189. The molecule has 6 rings (SSSR count). The molecule has 39 heavy (non-hydrogen) atoms. The Balaban J connectivity index is 1.16. The molecule has 196 valence electrons. The van der Waals surface area contributed by atoms with Crippen molar-refractivity contribution in [2.45, 2.75) is 25.0 Å². The van der Waals surface area contributed by atoms with Gasteiger partial charge in [-0.1, -0.05) is 66.2 Å². The maximum atomic E-state index is 13.2. The second-order valence-corrected chi connectivity index (χ2v) is 10.3. The third kappa shape index (κ3) is 5.27. The highest BCUT2D eigenvalue weighted by molar-refractivity contribution is 6.32. The Labute approximate surface area is 232 Å². The molecule has 4 aromatic carbocycles. The van der Waals surface area contributed by atoms with Crippen molar-refractivity contribution in [3.05, 3.63) is 130 Å². The first-order valence-corrected chi connectivity index (χ1v) is 13.4. The molecule has 0 unspecified atom stereocenters. The number of ether oxygens (including phenoxy) is 2. The highest BCUT2D eigenvalue weighted by Gasteiger charge is 2.37. The average Bonchev–Trinajstić information content (AvgIpc) is 3.46. The van der Waals surface area contributed by atoms with Crippen molar-refractivity contribution in [2.75, 3.05) is 12.4 Å². The molecule has 0 fully saturated rings. The van der Waals surface area contributed by atoms with Gasteiger partial charge in [0.25, 0.3) is 0 Å². The first-order chi connectivity index (χ1) is 19.1. The van der Waals surface area contributed by atoms with E-state index in [4.69, 9.17) is 21.1 Å². The predicted molar refractivity (Wildman–Crippen MR) is 155 cm³/mol. The van der Waals surface area contributed by atoms with Crippen LogP contribution in [-0.2, 0) is 6.61 Å². The zero-order valence-corrected chi connectivity index (χ0v) is 22.2. The van der Waals surface area contributed by atoms with Crippen LogP contribution in [0.25, 0.3) is 0 Å². The normalized spacial score (nSPS) is 19.4. The molecule has 4 aromatic rings. The van der Waals surface area contributed by atoms with Crippen LogP contribution < -0.4 is 14.8 Å². The Kier molecular flexibility index (Phi) is 7.08. The van der Waals surface area contributed by atoms with Gasteiger partial charge in [-0.15, -0.1) is 0 Å². The number of nitrogens with zero attached hydrogens (tertiary/aromatic N) is 1. The zero-order chi connectivity index (χ0) is 26.8. The van der Waals surface area contributed by atoms with Crippen molar-refractivity contribution < 1.29 is 13.9 Å². The first kappa shape index (κ1) is 25.2. The molecule has 6 heteroatoms. The standard InChI is InChI=1S/C33H28ClFN2O2/c1-38-31-18-22(17-29(34)33(31)39-20-21-9-13-24(35)14-10-21)19-36-25-15-11-23(12-16-25)32-28-7-4-6-26(28)27-5-2-3-8-30(27)37-32/h2-6,8-19,26,28,32,37H,7,20H2,1H3/t26-,28+,32+/m1/s1. The van der Waals surface area contributed by atoms with E-state index in [0.717, 1.165) is 23.2 Å². The summed E-state index contributed by atoms with van der Waals surface area (Å²) in [5.41, 5.74) is 6.33. The molecule has 0 spiro atoms. The van der Waals surface area contributed by atoms with E-state index in [-0.39, 0.29) is 18.5 Å². The van der Waals surface area contributed by atoms with Crippen molar-refractivity contribution in [2.24, 2.45) is 10.9 Å². The summed E-state index contributed by atoms with van der Waals surface area (Å²) in [5.74, 6) is 1.61. The number of nitrogens with one attached hydrogen (secondary N) is 1. The zero-order valence-electron chi connectivity index (χ0n) is 21.5. The number of allylic oxidation sites excluding steroid dienone is 2. The molecule has 4 nitrogen and oxygen atoms in total. The minimum Gasteiger partial charge on any atom is -0.493 e. The van der Waals surface area contributed by atoms with E-state index in [1.807, 2.05) is 18.2 Å². The lowest BCUT2D eigenvalue weighted by Gasteiger charge is -2.37. The molecule has 1 heterocycles. The fourth-order valence-corrected chi connectivity index (χ4v) is 5.75. The van der Waals surface area contributed by atoms with Crippen LogP contribution in [0.1, 0.15) is 40.6 Å². The molecule has 1 N–H and O–H groups in total. The highest BCUT2D eigenvalue weighted by atomic mass is 35.5. The monoisotopic (exact) mass is 538 g/mol. The van der Waals surface area contributed by atoms with Crippen LogP contribution in [0, 0.1) is 11.7 Å². The number of para-hydroxylation sites is 1. The SMILES string of the molecule is COc1cc(C=Nc2ccc([C@@H]3Nc4ccccc4[C@H]4C=CC[C@@H]43)cc2)cc(Cl)c1OCc1ccc(F)cc1. The van der Waals surface area contributed by atoms with E-state index in [1.54, 1.807) is 31.5 Å². The summed E-state index contributed by atoms with van der Waals surface area (Å²) in [4.78, 5) is 4.66. The fraction of sp³-hybridized carbons (Fsp3) is 0.182. The molecule has 0 aromatic heterocycles. The van der Waals surface area contributed by atoms with E-state index in [9.17, 15) is 4.39 Å². The van der Waals surface area contributed by atoms with E-state index in [0.29, 0.717) is 28.4 Å². The Hall–Kier alpha value is -4.09. The Morgan fingerprint density at radius 2 is 1.82 bits per heavy atom. The van der Waals surface area contributed by atoms with E-state index < -0.39 is 0 Å². The molecular formula is C33H28ClFN2O2. The van der Waals surface area contributed by atoms with Gasteiger partial charge in [-0.3, -0.25) is 4.99 Å². The first-order valence-electron chi connectivity index (χ1n) is 13.0. The largest absolute Gasteiger partial charge is 0.493 e. The topological polar surface area (TPSA) is 42.8 Å². The molecule has 0 saturated carbocycles. The van der Waals surface area contributed by atoms with Gasteiger partial charge in [0, 0.05) is 17.8 Å². The van der Waals surface area contributed by atoms with Gasteiger partial charge in [-0.25, -0.2) is 4.39 Å². The van der Waals surface area contributed by atoms with Crippen molar-refractivity contribution in [1.29, 1.82) is 0 Å². The van der Waals surface area contributed by atoms with Gasteiger partial charge in [-0.05, 0) is 77.1 Å². The summed E-state index contributed by atoms with van der Waals surface area (Å²) >= 11 is 6.53. The van der Waals surface area contributed by atoms with Crippen LogP contribution in [0.15, 0.2) is 102 Å². The predicted octanol–water partition coefficient (Wildman–Crippen LogP) is 8.64. The van der Waals surface area contributed by atoms with Gasteiger partial charge in [0.1, 0.15) is 12.4 Å². The maximum absolute atomic E-state index is 13.2. The molecule has 1 aliphatic carbocycles. The van der Waals surface area contributed by atoms with Gasteiger partial charge in [0.15, 0.2) is 11.5 Å². The number of hydrogen-bond acceptors (Lipinski definition) is 4. The van der Waals surface area contributed by atoms with Crippen LogP contribution in [0.4, 0.5) is 15.8 Å². The van der Waals surface area contributed by atoms with Gasteiger partial charge < -0.3 is 14.8 Å². The Morgan fingerprint density at radius 3 is 2.62 bits per heavy atom. The van der Waals surface area contributed by atoms with Crippen molar-refractivity contribution in [3.63, 3.8) is 0 Å². The second kappa shape index (κ2) is 11.0. The number of benzene rings is 4. The third-order valence-corrected chi connectivity index (χ3v) is 7.72. The van der Waals surface area contributed by atoms with Crippen molar-refractivity contribution >= 4 is 29.2 Å². The average molecular weight is 539 g/mol. The maximum Gasteiger partial charge on any atom is 0.180 e. The second-order valence-electron chi connectivity index (χ2n) is 9.86. The van der Waals surface area contributed by atoms with Gasteiger partial charge in [0.2, 0.25) is 0 Å². The summed E-state index contributed by atoms with van der Waals surface area (Å²) in [6, 6.07) is 27.0. The third-order valence-electron chi connectivity index (χ3n) is 7.44. The molecule has 0 amide bonds. The molecule has 2 aliphatic rings. The van der Waals surface area contributed by atoms with E-state index >= 15 is 0 Å². The van der Waals surface area contributed by atoms with Crippen LogP contribution in [-0.4, -0.2) is 13.3 Å². The summed E-state index contributed by atoms with van der Waals surface area (Å²) in [6.07, 6.45) is 7.50. The smallest absolute Gasteiger partial charge is 0.180 e. The van der Waals surface area contributed by atoms with Crippen LogP contribution in [0.2, 0.25) is 5.02 Å². The lowest BCUT2D eigenvalue weighted by atomic mass is 9.77. The number of methoxy groups -OCH3 is 1. The fourth-order valence-electron chi connectivity index (χ4n) is 5.48. The van der Waals surface area contributed by atoms with Gasteiger partial charge in [-0.2, -0.15) is 0 Å². The minimum absolute atomic E-state index is 0.245. The summed E-state index contributed by atoms with van der Waals surface area (Å²) in [7, 11) is 1.57. The minimum atomic E-state index is -0.288. The molecule has 1 aliphatic heterocycles. The number of aliphatic imine (C=N–C) groups is 1. The molecule has 0 saturated heterocycles.